The highest BCUT2D eigenvalue weighted by Gasteiger charge is 1.90. The van der Waals surface area contributed by atoms with Crippen molar-refractivity contribution in [2.45, 2.75) is 47.1 Å². The highest BCUT2D eigenvalue weighted by molar-refractivity contribution is 4.98. The number of hydrogen-bond acceptors (Lipinski definition) is 3. The van der Waals surface area contributed by atoms with E-state index >= 15 is 0 Å². The van der Waals surface area contributed by atoms with Crippen LogP contribution in [0.4, 0.5) is 0 Å². The van der Waals surface area contributed by atoms with Crippen molar-refractivity contribution in [2.24, 2.45) is 0 Å². The first-order chi connectivity index (χ1) is 7.45. The quantitative estimate of drug-likeness (QED) is 0.774. The van der Waals surface area contributed by atoms with Gasteiger partial charge in [0.05, 0.1) is 12.4 Å². The highest BCUT2D eigenvalue weighted by Crippen LogP contribution is 1.90. The molecule has 4 heteroatoms. The molecule has 0 aliphatic rings. The van der Waals surface area contributed by atoms with Gasteiger partial charge in [-0.25, -0.2) is 0 Å². The van der Waals surface area contributed by atoms with Crippen LogP contribution in [0.5, 0.6) is 0 Å². The Hall–Kier alpha value is -1.45. The molecule has 92 valence electrons. The van der Waals surface area contributed by atoms with Crippen molar-refractivity contribution in [1.82, 2.24) is 15.2 Å². The van der Waals surface area contributed by atoms with E-state index in [2.05, 4.69) is 44.3 Å². The van der Waals surface area contributed by atoms with Crippen molar-refractivity contribution in [3.05, 3.63) is 29.7 Å². The number of nitrogens with one attached hydrogen (secondary N) is 1. The van der Waals surface area contributed by atoms with Crippen molar-refractivity contribution < 1.29 is 0 Å². The lowest BCUT2D eigenvalue weighted by Gasteiger charge is -2.07. The van der Waals surface area contributed by atoms with E-state index < -0.39 is 0 Å². The second kappa shape index (κ2) is 7.79. The van der Waals surface area contributed by atoms with Crippen molar-refractivity contribution in [3.8, 4) is 0 Å². The molecule has 4 nitrogen and oxygen atoms in total. The maximum atomic E-state index is 5.18. The van der Waals surface area contributed by atoms with E-state index in [1.54, 1.807) is 12.4 Å². The van der Waals surface area contributed by atoms with Gasteiger partial charge in [0, 0.05) is 6.04 Å². The van der Waals surface area contributed by atoms with E-state index in [4.69, 9.17) is 5.84 Å². The van der Waals surface area contributed by atoms with E-state index in [1.807, 2.05) is 6.92 Å². The van der Waals surface area contributed by atoms with E-state index in [9.17, 15) is 0 Å². The van der Waals surface area contributed by atoms with Gasteiger partial charge in [0.15, 0.2) is 0 Å². The normalized spacial score (nSPS) is 11.1. The van der Waals surface area contributed by atoms with Crippen LogP contribution in [0.3, 0.4) is 0 Å². The average Bonchev–Trinajstić information content (AvgIpc) is 2.59. The van der Waals surface area contributed by atoms with Crippen LogP contribution in [-0.2, 0) is 0 Å². The minimum absolute atomic E-state index is 0.611. The Labute approximate surface area is 98.5 Å². The summed E-state index contributed by atoms with van der Waals surface area (Å²) >= 11 is 0. The number of nitrogen functional groups attached to an aromatic ring is 1. The van der Waals surface area contributed by atoms with Crippen molar-refractivity contribution in [2.75, 3.05) is 5.84 Å². The molecule has 0 aliphatic heterocycles. The summed E-state index contributed by atoms with van der Waals surface area (Å²) in [7, 11) is 0. The molecule has 0 radical (unpaired) electrons. The summed E-state index contributed by atoms with van der Waals surface area (Å²) in [5.41, 5.74) is 2.41. The number of aryl methyl sites for hydroxylation is 1. The molecule has 1 rings (SSSR count). The zero-order valence-electron chi connectivity index (χ0n) is 11.0. The van der Waals surface area contributed by atoms with E-state index in [0.29, 0.717) is 6.04 Å². The molecule has 0 aromatic carbocycles. The third-order valence-corrected chi connectivity index (χ3v) is 2.00. The molecule has 0 bridgehead atoms. The van der Waals surface area contributed by atoms with Gasteiger partial charge in [-0.2, -0.15) is 9.89 Å². The van der Waals surface area contributed by atoms with Crippen LogP contribution in [-0.4, -0.2) is 15.9 Å². The van der Waals surface area contributed by atoms with Crippen LogP contribution in [0.2, 0.25) is 0 Å². The second-order valence-electron chi connectivity index (χ2n) is 4.20. The first kappa shape index (κ1) is 14.6. The van der Waals surface area contributed by atoms with Crippen molar-refractivity contribution in [3.63, 3.8) is 0 Å². The third kappa shape index (κ3) is 7.91. The summed E-state index contributed by atoms with van der Waals surface area (Å²) in [6, 6.07) is 0.611. The zero-order chi connectivity index (χ0) is 12.6. The summed E-state index contributed by atoms with van der Waals surface area (Å²) in [4.78, 5) is 1.29. The van der Waals surface area contributed by atoms with Crippen LogP contribution in [0.25, 0.3) is 0 Å². The standard InChI is InChI=1S/C8H17N.C4H7N3/c1-5-8(4)9-6-7(2)3;1-4-2-6-7(5)3-4/h6,8-9H,5H2,1-4H3;2-3H,5H2,1H3. The third-order valence-electron chi connectivity index (χ3n) is 2.00. The lowest BCUT2D eigenvalue weighted by molar-refractivity contribution is 0.616. The fourth-order valence-corrected chi connectivity index (χ4v) is 0.860. The van der Waals surface area contributed by atoms with Gasteiger partial charge in [-0.15, -0.1) is 0 Å². The molecule has 0 aliphatic carbocycles. The maximum Gasteiger partial charge on any atom is 0.0539 e. The molecular weight excluding hydrogens is 200 g/mol. The fraction of sp³-hybridized carbons (Fsp3) is 0.583. The number of hydrogen-bond donors (Lipinski definition) is 2. The first-order valence-electron chi connectivity index (χ1n) is 5.61. The van der Waals surface area contributed by atoms with Crippen molar-refractivity contribution in [1.29, 1.82) is 0 Å². The maximum absolute atomic E-state index is 5.18. The largest absolute Gasteiger partial charge is 0.389 e. The van der Waals surface area contributed by atoms with Crippen LogP contribution >= 0.6 is 0 Å². The Morgan fingerprint density at radius 3 is 2.50 bits per heavy atom. The summed E-state index contributed by atoms with van der Waals surface area (Å²) < 4.78 is 0. The summed E-state index contributed by atoms with van der Waals surface area (Å²) in [5.74, 6) is 5.18. The summed E-state index contributed by atoms with van der Waals surface area (Å²) in [6.45, 7) is 10.5. The van der Waals surface area contributed by atoms with E-state index in [-0.39, 0.29) is 0 Å². The summed E-state index contributed by atoms with van der Waals surface area (Å²) in [6.07, 6.45) is 6.71. The van der Waals surface area contributed by atoms with Crippen LogP contribution in [0.15, 0.2) is 24.2 Å². The van der Waals surface area contributed by atoms with Crippen molar-refractivity contribution >= 4 is 0 Å². The molecule has 0 fully saturated rings. The van der Waals surface area contributed by atoms with Gasteiger partial charge in [0.25, 0.3) is 0 Å². The topological polar surface area (TPSA) is 55.9 Å². The highest BCUT2D eigenvalue weighted by atomic mass is 15.5. The lowest BCUT2D eigenvalue weighted by Crippen LogP contribution is -2.18. The average molecular weight is 224 g/mol. The molecular formula is C12H24N4. The molecule has 0 spiro atoms. The number of allylic oxidation sites excluding steroid dienone is 1. The Kier molecular flexibility index (Phi) is 7.09. The van der Waals surface area contributed by atoms with Gasteiger partial charge in [-0.1, -0.05) is 12.5 Å². The Morgan fingerprint density at radius 1 is 1.62 bits per heavy atom. The Morgan fingerprint density at radius 2 is 2.25 bits per heavy atom. The predicted molar refractivity (Wildman–Crippen MR) is 69.4 cm³/mol. The predicted octanol–water partition coefficient (Wildman–Crippen LogP) is 2.20. The smallest absolute Gasteiger partial charge is 0.0539 e. The van der Waals surface area contributed by atoms with Gasteiger partial charge in [0.1, 0.15) is 0 Å². The van der Waals surface area contributed by atoms with Gasteiger partial charge in [-0.3, -0.25) is 0 Å². The molecule has 0 saturated heterocycles. The fourth-order valence-electron chi connectivity index (χ4n) is 0.860. The zero-order valence-corrected chi connectivity index (χ0v) is 11.0. The molecule has 0 amide bonds. The number of nitrogens with zero attached hydrogens (tertiary/aromatic N) is 2. The first-order valence-corrected chi connectivity index (χ1v) is 5.61. The molecule has 16 heavy (non-hydrogen) atoms. The van der Waals surface area contributed by atoms with Crippen LogP contribution in [0.1, 0.15) is 39.7 Å². The monoisotopic (exact) mass is 224 g/mol. The molecule has 1 aromatic rings. The minimum Gasteiger partial charge on any atom is -0.389 e. The number of aromatic nitrogens is 2. The lowest BCUT2D eigenvalue weighted by atomic mass is 10.2. The summed E-state index contributed by atoms with van der Waals surface area (Å²) in [5, 5.41) is 6.98. The molecule has 0 saturated carbocycles. The van der Waals surface area contributed by atoms with Gasteiger partial charge in [-0.05, 0) is 45.9 Å². The van der Waals surface area contributed by atoms with Gasteiger partial charge >= 0.3 is 0 Å². The van der Waals surface area contributed by atoms with Gasteiger partial charge < -0.3 is 11.2 Å². The van der Waals surface area contributed by atoms with E-state index in [1.165, 1.54) is 16.8 Å². The van der Waals surface area contributed by atoms with Crippen LogP contribution in [0, 0.1) is 6.92 Å². The SMILES string of the molecule is CCC(C)NC=C(C)C.Cc1cnn(N)c1. The van der Waals surface area contributed by atoms with E-state index in [0.717, 1.165) is 5.56 Å². The molecule has 1 heterocycles. The minimum atomic E-state index is 0.611. The number of rotatable bonds is 3. The molecule has 1 aromatic heterocycles. The second-order valence-corrected chi connectivity index (χ2v) is 4.20. The Balaban J connectivity index is 0.000000288. The Bertz CT molecular complexity index is 294. The molecule has 3 N–H and O–H groups in total. The molecule has 1 unspecified atom stereocenters. The molecule has 1 atom stereocenters. The van der Waals surface area contributed by atoms with Crippen LogP contribution < -0.4 is 11.2 Å². The number of nitrogens with two attached hydrogens (primary N) is 1. The van der Waals surface area contributed by atoms with Gasteiger partial charge in [0.2, 0.25) is 0 Å².